The number of ether oxygens (including phenoxy) is 1. The number of unbranched alkanes of at least 4 members (excludes halogenated alkanes) is 1. The molecule has 0 spiro atoms. The highest BCUT2D eigenvalue weighted by atomic mass is 16.5. The zero-order chi connectivity index (χ0) is 33.6. The summed E-state index contributed by atoms with van der Waals surface area (Å²) in [5, 5.41) is 0. The Kier molecular flexibility index (Phi) is 9.60. The summed E-state index contributed by atoms with van der Waals surface area (Å²) in [4.78, 5) is 15.0. The summed E-state index contributed by atoms with van der Waals surface area (Å²) in [6, 6.07) is 39.1. The third kappa shape index (κ3) is 7.31. The van der Waals surface area contributed by atoms with Gasteiger partial charge >= 0.3 is 0 Å². The van der Waals surface area contributed by atoms with Crippen molar-refractivity contribution >= 4 is 34.3 Å². The maximum absolute atomic E-state index is 6.26. The molecule has 0 fully saturated rings. The number of oxazole rings is 1. The first-order chi connectivity index (χ1) is 24.1. The van der Waals surface area contributed by atoms with Gasteiger partial charge in [-0.3, -0.25) is 0 Å². The summed E-state index contributed by atoms with van der Waals surface area (Å²) in [7, 11) is 0. The van der Waals surface area contributed by atoms with E-state index in [0.717, 1.165) is 85.7 Å². The van der Waals surface area contributed by atoms with Crippen LogP contribution in [0.25, 0.3) is 68.3 Å². The molecule has 2 aromatic heterocycles. The van der Waals surface area contributed by atoms with Crippen molar-refractivity contribution in [1.29, 1.82) is 0 Å². The summed E-state index contributed by atoms with van der Waals surface area (Å²) < 4.78 is 12.5. The van der Waals surface area contributed by atoms with Gasteiger partial charge in [-0.2, -0.15) is 0 Å². The van der Waals surface area contributed by atoms with Crippen molar-refractivity contribution < 1.29 is 9.15 Å². The van der Waals surface area contributed by atoms with Gasteiger partial charge in [0.05, 0.1) is 29.0 Å². The molecule has 0 saturated heterocycles. The largest absolute Gasteiger partial charge is 0.493 e. The number of fused-ring (bicyclic) bond motifs is 2. The summed E-state index contributed by atoms with van der Waals surface area (Å²) >= 11 is 0. The first kappa shape index (κ1) is 32.0. The normalized spacial score (nSPS) is 12.2. The molecule has 7 aromatic rings. The molecule has 244 valence electrons. The molecule has 7 rings (SSSR count). The molecule has 0 saturated carbocycles. The van der Waals surface area contributed by atoms with E-state index in [9.17, 15) is 0 Å². The lowest BCUT2D eigenvalue weighted by Gasteiger charge is -2.16. The Labute approximate surface area is 288 Å². The van der Waals surface area contributed by atoms with E-state index >= 15 is 0 Å². The van der Waals surface area contributed by atoms with Crippen LogP contribution in [0.5, 0.6) is 5.75 Å². The van der Waals surface area contributed by atoms with E-state index in [2.05, 4.69) is 99.7 Å². The van der Waals surface area contributed by atoms with E-state index in [1.165, 1.54) is 19.3 Å². The summed E-state index contributed by atoms with van der Waals surface area (Å²) in [5.41, 5.74) is 11.3. The fourth-order valence-electron chi connectivity index (χ4n) is 6.14. The molecule has 0 bridgehead atoms. The number of aromatic nitrogens is 3. The molecule has 1 atom stereocenters. The molecule has 1 unspecified atom stereocenters. The molecule has 2 heterocycles. The van der Waals surface area contributed by atoms with E-state index in [4.69, 9.17) is 24.1 Å². The number of hydrogen-bond donors (Lipinski definition) is 0. The van der Waals surface area contributed by atoms with E-state index in [0.29, 0.717) is 11.8 Å². The van der Waals surface area contributed by atoms with Crippen LogP contribution in [0.4, 0.5) is 0 Å². The first-order valence-corrected chi connectivity index (χ1v) is 17.3. The maximum atomic E-state index is 6.26. The highest BCUT2D eigenvalue weighted by Gasteiger charge is 2.15. The van der Waals surface area contributed by atoms with Crippen LogP contribution in [-0.4, -0.2) is 21.6 Å². The molecule has 5 aromatic carbocycles. The smallest absolute Gasteiger partial charge is 0.227 e. The zero-order valence-corrected chi connectivity index (χ0v) is 28.4. The molecule has 0 radical (unpaired) electrons. The van der Waals surface area contributed by atoms with Crippen molar-refractivity contribution in [2.45, 2.75) is 46.5 Å². The first-order valence-electron chi connectivity index (χ1n) is 17.3. The van der Waals surface area contributed by atoms with Gasteiger partial charge in [-0.05, 0) is 66.3 Å². The van der Waals surface area contributed by atoms with E-state index in [1.807, 2.05) is 48.5 Å². The van der Waals surface area contributed by atoms with Crippen molar-refractivity contribution in [3.8, 4) is 39.7 Å². The molecule has 0 aliphatic rings. The second-order valence-corrected chi connectivity index (χ2v) is 12.7. The highest BCUT2D eigenvalue weighted by molar-refractivity contribution is 5.88. The maximum Gasteiger partial charge on any atom is 0.227 e. The Bertz CT molecular complexity index is 2200. The van der Waals surface area contributed by atoms with Crippen LogP contribution >= 0.6 is 0 Å². The van der Waals surface area contributed by atoms with Crippen LogP contribution in [0.2, 0.25) is 0 Å². The number of nitrogens with zero attached hydrogens (tertiary/aromatic N) is 3. The minimum absolute atomic E-state index is 0.573. The molecular weight excluding hydrogens is 603 g/mol. The van der Waals surface area contributed by atoms with Gasteiger partial charge in [0.2, 0.25) is 5.89 Å². The fourth-order valence-corrected chi connectivity index (χ4v) is 6.14. The second kappa shape index (κ2) is 14.7. The van der Waals surface area contributed by atoms with Crippen LogP contribution in [-0.2, 0) is 0 Å². The van der Waals surface area contributed by atoms with Gasteiger partial charge in [0.1, 0.15) is 11.3 Å². The number of hydrogen-bond acceptors (Lipinski definition) is 5. The lowest BCUT2D eigenvalue weighted by atomic mass is 10.0. The van der Waals surface area contributed by atoms with Crippen LogP contribution < -0.4 is 4.74 Å². The molecule has 0 aliphatic heterocycles. The van der Waals surface area contributed by atoms with Crippen LogP contribution in [0.3, 0.4) is 0 Å². The van der Waals surface area contributed by atoms with E-state index < -0.39 is 0 Å². The van der Waals surface area contributed by atoms with Gasteiger partial charge < -0.3 is 9.15 Å². The topological polar surface area (TPSA) is 61.0 Å². The average molecular weight is 644 g/mol. The quantitative estimate of drug-likeness (QED) is 0.124. The van der Waals surface area contributed by atoms with Crippen molar-refractivity contribution in [3.05, 3.63) is 132 Å². The van der Waals surface area contributed by atoms with Gasteiger partial charge in [0.15, 0.2) is 5.58 Å². The Balaban J connectivity index is 1.09. The number of aryl methyl sites for hydroxylation is 1. The van der Waals surface area contributed by atoms with Crippen molar-refractivity contribution in [1.82, 2.24) is 15.0 Å². The second-order valence-electron chi connectivity index (χ2n) is 12.7. The van der Waals surface area contributed by atoms with Gasteiger partial charge in [-0.15, -0.1) is 0 Å². The Morgan fingerprint density at radius 3 is 1.98 bits per heavy atom. The van der Waals surface area contributed by atoms with E-state index in [-0.39, 0.29) is 0 Å². The third-order valence-corrected chi connectivity index (χ3v) is 9.11. The summed E-state index contributed by atoms with van der Waals surface area (Å²) in [6.07, 6.45) is 9.00. The predicted octanol–water partition coefficient (Wildman–Crippen LogP) is 11.8. The molecule has 0 amide bonds. The lowest BCUT2D eigenvalue weighted by molar-refractivity contribution is 0.232. The molecule has 49 heavy (non-hydrogen) atoms. The van der Waals surface area contributed by atoms with Gasteiger partial charge in [-0.25, -0.2) is 15.0 Å². The molecule has 5 nitrogen and oxygen atoms in total. The highest BCUT2D eigenvalue weighted by Crippen LogP contribution is 2.33. The van der Waals surface area contributed by atoms with Gasteiger partial charge in [-0.1, -0.05) is 124 Å². The third-order valence-electron chi connectivity index (χ3n) is 9.11. The predicted molar refractivity (Wildman–Crippen MR) is 202 cm³/mol. The average Bonchev–Trinajstić information content (AvgIpc) is 3.57. The minimum atomic E-state index is 0.573. The summed E-state index contributed by atoms with van der Waals surface area (Å²) in [5.74, 6) is 2.05. The minimum Gasteiger partial charge on any atom is -0.493 e. The number of rotatable bonds is 12. The van der Waals surface area contributed by atoms with E-state index in [1.54, 1.807) is 0 Å². The zero-order valence-electron chi connectivity index (χ0n) is 28.4. The Hall–Kier alpha value is -5.55. The molecular formula is C44H41N3O2. The lowest BCUT2D eigenvalue weighted by Crippen LogP contribution is -2.11. The molecule has 5 heteroatoms. The molecule has 0 N–H and O–H groups in total. The molecule has 0 aliphatic carbocycles. The van der Waals surface area contributed by atoms with Gasteiger partial charge in [0.25, 0.3) is 0 Å². The Morgan fingerprint density at radius 1 is 0.653 bits per heavy atom. The van der Waals surface area contributed by atoms with Crippen molar-refractivity contribution in [3.63, 3.8) is 0 Å². The van der Waals surface area contributed by atoms with Crippen LogP contribution in [0.15, 0.2) is 120 Å². The fraction of sp³-hybridized carbons (Fsp3) is 0.205. The van der Waals surface area contributed by atoms with Gasteiger partial charge in [0, 0.05) is 22.8 Å². The Morgan fingerprint density at radius 2 is 1.31 bits per heavy atom. The number of benzene rings is 5. The van der Waals surface area contributed by atoms with Crippen LogP contribution in [0, 0.1) is 12.8 Å². The summed E-state index contributed by atoms with van der Waals surface area (Å²) in [6.45, 7) is 7.28. The monoisotopic (exact) mass is 643 g/mol. The van der Waals surface area contributed by atoms with Crippen molar-refractivity contribution in [2.75, 3.05) is 6.61 Å². The van der Waals surface area contributed by atoms with Crippen molar-refractivity contribution in [2.24, 2.45) is 5.92 Å². The van der Waals surface area contributed by atoms with Crippen LogP contribution in [0.1, 0.15) is 56.2 Å². The standard InChI is InChI=1S/C44H41N3O2/c1-4-6-13-31(5-2)29-48-40-28-41-39(26-30(40)3)47-44(49-41)36-23-20-32(21-24-36)18-19-33-22-25-37-38(27-33)46-43(35-16-11-8-12-17-35)42(45-37)34-14-9-7-10-15-34/h7-12,14-28,31H,4-6,13,29H2,1-3H3. The SMILES string of the molecule is CCCCC(CC)COc1cc2oc(-c3ccc(C=Cc4ccc5nc(-c6ccccc6)c(-c6ccccc6)nc5c4)cc3)nc2cc1C.